The van der Waals surface area contributed by atoms with Crippen LogP contribution in [0, 0.1) is 0 Å². The fourth-order valence-electron chi connectivity index (χ4n) is 1.38. The lowest BCUT2D eigenvalue weighted by Crippen LogP contribution is -2.09. The van der Waals surface area contributed by atoms with Crippen molar-refractivity contribution in [1.82, 2.24) is 15.1 Å². The van der Waals surface area contributed by atoms with Gasteiger partial charge >= 0.3 is 0 Å². The van der Waals surface area contributed by atoms with Crippen molar-refractivity contribution < 1.29 is 9.26 Å². The lowest BCUT2D eigenvalue weighted by molar-refractivity contribution is 0.116. The summed E-state index contributed by atoms with van der Waals surface area (Å²) in [6.45, 7) is 3.84. The van der Waals surface area contributed by atoms with Crippen LogP contribution in [0.15, 0.2) is 9.90 Å². The quantitative estimate of drug-likeness (QED) is 0.889. The third-order valence-corrected chi connectivity index (χ3v) is 3.52. The van der Waals surface area contributed by atoms with Crippen LogP contribution < -0.4 is 5.73 Å². The van der Waals surface area contributed by atoms with Crippen LogP contribution in [0.25, 0.3) is 11.6 Å². The molecular formula is C11H16N4O2S. The van der Waals surface area contributed by atoms with Crippen LogP contribution in [0.3, 0.4) is 0 Å². The molecule has 0 aliphatic heterocycles. The molecule has 0 aromatic carbocycles. The van der Waals surface area contributed by atoms with Crippen LogP contribution in [0.1, 0.15) is 30.7 Å². The molecule has 6 nitrogen and oxygen atoms in total. The Balaban J connectivity index is 2.13. The highest BCUT2D eigenvalue weighted by Crippen LogP contribution is 2.23. The minimum Gasteiger partial charge on any atom is -0.381 e. The molecule has 0 saturated carbocycles. The van der Waals surface area contributed by atoms with E-state index < -0.39 is 0 Å². The first kappa shape index (κ1) is 13.1. The highest BCUT2D eigenvalue weighted by Gasteiger charge is 2.15. The zero-order valence-electron chi connectivity index (χ0n) is 10.6. The Morgan fingerprint density at radius 2 is 2.22 bits per heavy atom. The van der Waals surface area contributed by atoms with Crippen LogP contribution in [-0.2, 0) is 11.2 Å². The van der Waals surface area contributed by atoms with Gasteiger partial charge in [0.2, 0.25) is 0 Å². The molecule has 2 N–H and O–H groups in total. The van der Waals surface area contributed by atoms with E-state index in [-0.39, 0.29) is 12.1 Å². The second kappa shape index (κ2) is 5.55. The van der Waals surface area contributed by atoms with Gasteiger partial charge in [-0.05, 0) is 13.8 Å². The average molecular weight is 268 g/mol. The van der Waals surface area contributed by atoms with Gasteiger partial charge in [0.05, 0.1) is 12.1 Å². The number of hydrogen-bond donors (Lipinski definition) is 1. The molecule has 98 valence electrons. The molecule has 18 heavy (non-hydrogen) atoms. The van der Waals surface area contributed by atoms with Crippen molar-refractivity contribution in [3.8, 4) is 11.6 Å². The molecule has 0 aliphatic carbocycles. The zero-order valence-corrected chi connectivity index (χ0v) is 11.4. The fourth-order valence-corrected chi connectivity index (χ4v) is 2.13. The molecule has 0 saturated heterocycles. The first-order valence-corrected chi connectivity index (χ1v) is 6.55. The fraction of sp³-hybridized carbons (Fsp3) is 0.545. The summed E-state index contributed by atoms with van der Waals surface area (Å²) in [6.07, 6.45) is 0.676. The Hall–Kier alpha value is -1.31. The maximum atomic E-state index is 5.76. The number of nitrogens with two attached hydrogens (primary N) is 1. The lowest BCUT2D eigenvalue weighted by Gasteiger charge is -2.03. The molecule has 7 heteroatoms. The molecule has 2 atom stereocenters. The van der Waals surface area contributed by atoms with E-state index in [4.69, 9.17) is 15.0 Å². The van der Waals surface area contributed by atoms with Gasteiger partial charge in [0.1, 0.15) is 10.7 Å². The minimum absolute atomic E-state index is 0.0607. The Morgan fingerprint density at radius 1 is 1.44 bits per heavy atom. The molecular weight excluding hydrogens is 252 g/mol. The summed E-state index contributed by atoms with van der Waals surface area (Å²) in [6, 6.07) is -0.0837. The van der Waals surface area contributed by atoms with Gasteiger partial charge in [-0.1, -0.05) is 5.16 Å². The zero-order chi connectivity index (χ0) is 13.1. The predicted molar refractivity (Wildman–Crippen MR) is 68.2 cm³/mol. The first-order valence-electron chi connectivity index (χ1n) is 5.67. The maximum absolute atomic E-state index is 5.76. The molecule has 0 fully saturated rings. The molecule has 0 amide bonds. The van der Waals surface area contributed by atoms with Crippen molar-refractivity contribution in [3.63, 3.8) is 0 Å². The second-order valence-corrected chi connectivity index (χ2v) is 5.02. The number of methoxy groups -OCH3 is 1. The summed E-state index contributed by atoms with van der Waals surface area (Å²) in [5, 5.41) is 6.63. The van der Waals surface area contributed by atoms with E-state index in [0.717, 1.165) is 5.01 Å². The monoisotopic (exact) mass is 268 g/mol. The van der Waals surface area contributed by atoms with Crippen molar-refractivity contribution >= 4 is 11.3 Å². The summed E-state index contributed by atoms with van der Waals surface area (Å²) in [5.41, 5.74) is 6.44. The van der Waals surface area contributed by atoms with Gasteiger partial charge in [-0.15, -0.1) is 11.3 Å². The standard InChI is InChI=1S/C11H16N4O2S/c1-6(16-3)4-9-14-10(17-15-9)8-5-18-11(13-8)7(2)12/h5-7H,4,12H2,1-3H3. The van der Waals surface area contributed by atoms with Crippen LogP contribution in [0.2, 0.25) is 0 Å². The third-order valence-electron chi connectivity index (χ3n) is 2.47. The van der Waals surface area contributed by atoms with Crippen LogP contribution in [-0.4, -0.2) is 28.3 Å². The van der Waals surface area contributed by atoms with Crippen molar-refractivity contribution in [2.45, 2.75) is 32.4 Å². The highest BCUT2D eigenvalue weighted by molar-refractivity contribution is 7.10. The number of thiazole rings is 1. The summed E-state index contributed by atoms with van der Waals surface area (Å²) >= 11 is 1.49. The van der Waals surface area contributed by atoms with E-state index in [2.05, 4.69) is 15.1 Å². The first-order chi connectivity index (χ1) is 8.60. The van der Waals surface area contributed by atoms with Gasteiger partial charge in [-0.3, -0.25) is 0 Å². The lowest BCUT2D eigenvalue weighted by atomic mass is 10.3. The average Bonchev–Trinajstić information content (AvgIpc) is 2.96. The van der Waals surface area contributed by atoms with Crippen LogP contribution in [0.5, 0.6) is 0 Å². The normalized spacial score (nSPS) is 14.7. The van der Waals surface area contributed by atoms with Crippen molar-refractivity contribution in [2.24, 2.45) is 5.73 Å². The topological polar surface area (TPSA) is 87.1 Å². The van der Waals surface area contributed by atoms with Crippen molar-refractivity contribution in [3.05, 3.63) is 16.2 Å². The number of aromatic nitrogens is 3. The Bertz CT molecular complexity index is 509. The summed E-state index contributed by atoms with van der Waals surface area (Å²) < 4.78 is 10.3. The Morgan fingerprint density at radius 3 is 2.83 bits per heavy atom. The van der Waals surface area contributed by atoms with E-state index in [1.54, 1.807) is 7.11 Å². The van der Waals surface area contributed by atoms with E-state index in [1.165, 1.54) is 11.3 Å². The largest absolute Gasteiger partial charge is 0.381 e. The number of hydrogen-bond acceptors (Lipinski definition) is 7. The summed E-state index contributed by atoms with van der Waals surface area (Å²) in [4.78, 5) is 8.65. The van der Waals surface area contributed by atoms with Crippen molar-refractivity contribution in [2.75, 3.05) is 7.11 Å². The molecule has 2 unspecified atom stereocenters. The molecule has 0 spiro atoms. The van der Waals surface area contributed by atoms with Gasteiger partial charge in [0.25, 0.3) is 5.89 Å². The molecule has 0 aliphatic rings. The second-order valence-electron chi connectivity index (χ2n) is 4.13. The number of nitrogens with zero attached hydrogens (tertiary/aromatic N) is 3. The van der Waals surface area contributed by atoms with Crippen LogP contribution >= 0.6 is 11.3 Å². The maximum Gasteiger partial charge on any atom is 0.277 e. The Labute approximate surface area is 109 Å². The van der Waals surface area contributed by atoms with Crippen molar-refractivity contribution in [1.29, 1.82) is 0 Å². The molecule has 2 aromatic rings. The molecule has 2 aromatic heterocycles. The van der Waals surface area contributed by atoms with Gasteiger partial charge in [-0.25, -0.2) is 4.98 Å². The van der Waals surface area contributed by atoms with E-state index >= 15 is 0 Å². The van der Waals surface area contributed by atoms with Gasteiger partial charge in [0.15, 0.2) is 5.82 Å². The van der Waals surface area contributed by atoms with E-state index in [9.17, 15) is 0 Å². The summed E-state index contributed by atoms with van der Waals surface area (Å²) in [5.74, 6) is 1.05. The van der Waals surface area contributed by atoms with Gasteiger partial charge in [0, 0.05) is 18.9 Å². The van der Waals surface area contributed by atoms with E-state index in [1.807, 2.05) is 19.2 Å². The minimum atomic E-state index is -0.0837. The molecule has 2 rings (SSSR count). The SMILES string of the molecule is COC(C)Cc1noc(-c2csc(C(C)N)n2)n1. The predicted octanol–water partition coefficient (Wildman–Crippen LogP) is 1.79. The Kier molecular flexibility index (Phi) is 4.05. The van der Waals surface area contributed by atoms with Gasteiger partial charge in [-0.2, -0.15) is 4.98 Å². The van der Waals surface area contributed by atoms with E-state index in [0.29, 0.717) is 23.8 Å². The number of ether oxygens (including phenoxy) is 1. The molecule has 2 heterocycles. The van der Waals surface area contributed by atoms with Crippen LogP contribution in [0.4, 0.5) is 0 Å². The molecule has 0 radical (unpaired) electrons. The summed E-state index contributed by atoms with van der Waals surface area (Å²) in [7, 11) is 1.65. The molecule has 0 bridgehead atoms. The number of rotatable bonds is 5. The smallest absolute Gasteiger partial charge is 0.277 e. The third kappa shape index (κ3) is 2.92. The highest BCUT2D eigenvalue weighted by atomic mass is 32.1. The van der Waals surface area contributed by atoms with Gasteiger partial charge < -0.3 is 15.0 Å².